The summed E-state index contributed by atoms with van der Waals surface area (Å²) in [5, 5.41) is 3.32. The van der Waals surface area contributed by atoms with E-state index in [2.05, 4.69) is 14.8 Å². The maximum absolute atomic E-state index is 12.5. The molecule has 1 aromatic rings. The van der Waals surface area contributed by atoms with Crippen LogP contribution in [0.1, 0.15) is 12.8 Å². The summed E-state index contributed by atoms with van der Waals surface area (Å²) >= 11 is 0. The first-order valence-electron chi connectivity index (χ1n) is 7.94. The highest BCUT2D eigenvalue weighted by atomic mass is 35.5. The number of nitrogens with one attached hydrogen (secondary N) is 2. The summed E-state index contributed by atoms with van der Waals surface area (Å²) in [6.07, 6.45) is 1.83. The first-order chi connectivity index (χ1) is 11.9. The number of methoxy groups -OCH3 is 2. The molecule has 26 heavy (non-hydrogen) atoms. The number of carbonyl (C=O) groups is 1. The van der Waals surface area contributed by atoms with E-state index in [0.29, 0.717) is 12.4 Å². The number of sulfonamides is 1. The second-order valence-corrected chi connectivity index (χ2v) is 7.67. The molecule has 2 rings (SSSR count). The van der Waals surface area contributed by atoms with Crippen molar-refractivity contribution < 1.29 is 27.4 Å². The molecule has 1 fully saturated rings. The molecule has 8 nitrogen and oxygen atoms in total. The van der Waals surface area contributed by atoms with Gasteiger partial charge >= 0.3 is 5.97 Å². The molecule has 148 valence electrons. The summed E-state index contributed by atoms with van der Waals surface area (Å²) in [5.41, 5.74) is -0.370. The molecule has 0 radical (unpaired) electrons. The number of rotatable bonds is 9. The molecule has 0 amide bonds. The van der Waals surface area contributed by atoms with Crippen LogP contribution in [0.4, 0.5) is 0 Å². The molecule has 0 saturated carbocycles. The van der Waals surface area contributed by atoms with E-state index in [-0.39, 0.29) is 36.0 Å². The third-order valence-electron chi connectivity index (χ3n) is 4.07. The molecule has 1 heterocycles. The lowest BCUT2D eigenvalue weighted by Gasteiger charge is -2.28. The van der Waals surface area contributed by atoms with Gasteiger partial charge in [0.2, 0.25) is 10.0 Å². The van der Waals surface area contributed by atoms with Gasteiger partial charge in [-0.1, -0.05) is 0 Å². The monoisotopic (exact) mass is 408 g/mol. The predicted molar refractivity (Wildman–Crippen MR) is 98.2 cm³/mol. The van der Waals surface area contributed by atoms with Crippen LogP contribution in [-0.4, -0.2) is 60.4 Å². The molecule has 1 unspecified atom stereocenters. The van der Waals surface area contributed by atoms with Crippen LogP contribution in [0.3, 0.4) is 0 Å². The first kappa shape index (κ1) is 22.7. The Kier molecular flexibility index (Phi) is 8.78. The van der Waals surface area contributed by atoms with E-state index >= 15 is 0 Å². The normalized spacial score (nSPS) is 19.6. The van der Waals surface area contributed by atoms with Gasteiger partial charge in [0.1, 0.15) is 5.75 Å². The van der Waals surface area contributed by atoms with E-state index in [9.17, 15) is 13.2 Å². The summed E-state index contributed by atoms with van der Waals surface area (Å²) in [6.45, 7) is 1.31. The van der Waals surface area contributed by atoms with Crippen molar-refractivity contribution >= 4 is 28.4 Å². The molecule has 1 aliphatic heterocycles. The fourth-order valence-electron chi connectivity index (χ4n) is 2.70. The maximum Gasteiger partial charge on any atom is 0.343 e. The Hall–Kier alpha value is -1.39. The Morgan fingerprint density at radius 1 is 1.27 bits per heavy atom. The van der Waals surface area contributed by atoms with Crippen LogP contribution in [0, 0.1) is 0 Å². The highest BCUT2D eigenvalue weighted by Gasteiger charge is 2.34. The SMILES string of the molecule is COCC1(CNS(=O)(=O)c2ccc(OCC(=O)OC)cc2)CCCN1.Cl. The number of esters is 1. The van der Waals surface area contributed by atoms with Crippen molar-refractivity contribution in [1.29, 1.82) is 0 Å². The highest BCUT2D eigenvalue weighted by molar-refractivity contribution is 7.89. The molecule has 0 spiro atoms. The number of hydrogen-bond acceptors (Lipinski definition) is 7. The third-order valence-corrected chi connectivity index (χ3v) is 5.49. The summed E-state index contributed by atoms with van der Waals surface area (Å²) in [6, 6.07) is 5.85. The number of ether oxygens (including phenoxy) is 3. The minimum atomic E-state index is -3.65. The molecule has 0 aromatic heterocycles. The van der Waals surface area contributed by atoms with E-state index in [4.69, 9.17) is 9.47 Å². The molecule has 0 bridgehead atoms. The van der Waals surface area contributed by atoms with Crippen LogP contribution < -0.4 is 14.8 Å². The Labute approximate surface area is 160 Å². The Morgan fingerprint density at radius 2 is 1.96 bits per heavy atom. The van der Waals surface area contributed by atoms with Gasteiger partial charge in [-0.05, 0) is 43.7 Å². The fraction of sp³-hybridized carbons (Fsp3) is 0.562. The van der Waals surface area contributed by atoms with Crippen molar-refractivity contribution in [3.05, 3.63) is 24.3 Å². The fourth-order valence-corrected chi connectivity index (χ4v) is 3.83. The Balaban J connectivity index is 0.00000338. The summed E-state index contributed by atoms with van der Waals surface area (Å²) < 4.78 is 42.5. The zero-order chi connectivity index (χ0) is 18.3. The van der Waals surface area contributed by atoms with E-state index < -0.39 is 16.0 Å². The lowest BCUT2D eigenvalue weighted by molar-refractivity contribution is -0.142. The van der Waals surface area contributed by atoms with E-state index in [1.807, 2.05) is 0 Å². The van der Waals surface area contributed by atoms with Gasteiger partial charge < -0.3 is 19.5 Å². The van der Waals surface area contributed by atoms with Gasteiger partial charge in [0, 0.05) is 13.7 Å². The minimum absolute atomic E-state index is 0. The zero-order valence-corrected chi connectivity index (χ0v) is 16.5. The van der Waals surface area contributed by atoms with Crippen molar-refractivity contribution in [2.45, 2.75) is 23.3 Å². The zero-order valence-electron chi connectivity index (χ0n) is 14.8. The summed E-state index contributed by atoms with van der Waals surface area (Å²) in [5.74, 6) is -0.122. The van der Waals surface area contributed by atoms with Crippen molar-refractivity contribution in [1.82, 2.24) is 10.0 Å². The van der Waals surface area contributed by atoms with Crippen molar-refractivity contribution in [3.63, 3.8) is 0 Å². The average molecular weight is 409 g/mol. The van der Waals surface area contributed by atoms with Crippen molar-refractivity contribution in [2.24, 2.45) is 0 Å². The molecule has 1 atom stereocenters. The van der Waals surface area contributed by atoms with E-state index in [0.717, 1.165) is 19.4 Å². The third kappa shape index (κ3) is 6.10. The van der Waals surface area contributed by atoms with Crippen LogP contribution in [-0.2, 0) is 24.3 Å². The summed E-state index contributed by atoms with van der Waals surface area (Å²) in [4.78, 5) is 11.2. The van der Waals surface area contributed by atoms with E-state index in [1.165, 1.54) is 31.4 Å². The molecule has 1 aromatic carbocycles. The predicted octanol–water partition coefficient (Wildman–Crippen LogP) is 0.707. The molecule has 0 aliphatic carbocycles. The van der Waals surface area contributed by atoms with Crippen LogP contribution in [0.2, 0.25) is 0 Å². The van der Waals surface area contributed by atoms with Gasteiger partial charge in [0.25, 0.3) is 0 Å². The van der Waals surface area contributed by atoms with Crippen molar-refractivity contribution in [2.75, 3.05) is 40.5 Å². The van der Waals surface area contributed by atoms with Crippen molar-refractivity contribution in [3.8, 4) is 5.75 Å². The highest BCUT2D eigenvalue weighted by Crippen LogP contribution is 2.21. The van der Waals surface area contributed by atoms with E-state index in [1.54, 1.807) is 7.11 Å². The standard InChI is InChI=1S/C16H24N2O6S.ClH/c1-22-12-16(8-3-9-17-16)11-18-25(20,21)14-6-4-13(5-7-14)24-10-15(19)23-2;/h4-7,17-18H,3,8-12H2,1-2H3;1H. The van der Waals surface area contributed by atoms with Crippen LogP contribution in [0.15, 0.2) is 29.2 Å². The number of carbonyl (C=O) groups excluding carboxylic acids is 1. The van der Waals surface area contributed by atoms with Gasteiger partial charge in [0.15, 0.2) is 6.61 Å². The maximum atomic E-state index is 12.5. The minimum Gasteiger partial charge on any atom is -0.482 e. The average Bonchev–Trinajstić information content (AvgIpc) is 3.08. The molecule has 1 saturated heterocycles. The molecule has 1 aliphatic rings. The number of hydrogen-bond donors (Lipinski definition) is 2. The lowest BCUT2D eigenvalue weighted by atomic mass is 9.99. The largest absolute Gasteiger partial charge is 0.482 e. The molecule has 2 N–H and O–H groups in total. The topological polar surface area (TPSA) is 103 Å². The van der Waals surface area contributed by atoms with Gasteiger partial charge in [-0.25, -0.2) is 17.9 Å². The van der Waals surface area contributed by atoms with Crippen LogP contribution >= 0.6 is 12.4 Å². The Morgan fingerprint density at radius 3 is 2.50 bits per heavy atom. The molecule has 10 heteroatoms. The van der Waals surface area contributed by atoms with Gasteiger partial charge in [0.05, 0.1) is 24.2 Å². The van der Waals surface area contributed by atoms with Gasteiger partial charge in [-0.15, -0.1) is 12.4 Å². The molecular weight excluding hydrogens is 384 g/mol. The van der Waals surface area contributed by atoms with Crippen LogP contribution in [0.25, 0.3) is 0 Å². The van der Waals surface area contributed by atoms with Gasteiger partial charge in [-0.2, -0.15) is 0 Å². The van der Waals surface area contributed by atoms with Gasteiger partial charge in [-0.3, -0.25) is 0 Å². The second-order valence-electron chi connectivity index (χ2n) is 5.90. The summed E-state index contributed by atoms with van der Waals surface area (Å²) in [7, 11) is -0.783. The Bertz CT molecular complexity index is 674. The second kappa shape index (κ2) is 10.1. The smallest absolute Gasteiger partial charge is 0.343 e. The first-order valence-corrected chi connectivity index (χ1v) is 9.42. The quantitative estimate of drug-likeness (QED) is 0.580. The number of halogens is 1. The molecular formula is C16H25ClN2O6S. The number of benzene rings is 1. The van der Waals surface area contributed by atoms with Crippen LogP contribution in [0.5, 0.6) is 5.75 Å². The lowest BCUT2D eigenvalue weighted by Crippen LogP contribution is -2.52.